The van der Waals surface area contributed by atoms with E-state index in [-0.39, 0.29) is 0 Å². The smallest absolute Gasteiger partial charge is 0.0359 e. The van der Waals surface area contributed by atoms with Crippen LogP contribution in [0.15, 0.2) is 42.6 Å². The average molecular weight is 256 g/mol. The summed E-state index contributed by atoms with van der Waals surface area (Å²) in [4.78, 5) is 0. The van der Waals surface area contributed by atoms with Crippen LogP contribution in [-0.4, -0.2) is 11.1 Å². The van der Waals surface area contributed by atoms with E-state index < -0.39 is 0 Å². The monoisotopic (exact) mass is 256 g/mol. The minimum absolute atomic E-state index is 0.957. The highest BCUT2D eigenvalue weighted by Gasteiger charge is 1.99. The van der Waals surface area contributed by atoms with Crippen LogP contribution >= 0.6 is 0 Å². The van der Waals surface area contributed by atoms with Gasteiger partial charge in [-0.1, -0.05) is 36.8 Å². The Morgan fingerprint density at radius 1 is 1.16 bits per heavy atom. The molecule has 0 unspecified atom stereocenters. The van der Waals surface area contributed by atoms with Crippen molar-refractivity contribution in [1.82, 2.24) is 9.88 Å². The zero-order valence-corrected chi connectivity index (χ0v) is 12.0. The molecule has 0 fully saturated rings. The normalized spacial score (nSPS) is 10.8. The van der Waals surface area contributed by atoms with Crippen LogP contribution in [0.1, 0.15) is 30.2 Å². The fourth-order valence-corrected chi connectivity index (χ4v) is 2.39. The van der Waals surface area contributed by atoms with Crippen molar-refractivity contribution in [3.8, 4) is 0 Å². The third-order valence-corrected chi connectivity index (χ3v) is 3.37. The molecular weight excluding hydrogens is 232 g/mol. The van der Waals surface area contributed by atoms with E-state index in [1.165, 1.54) is 23.2 Å². The van der Waals surface area contributed by atoms with E-state index in [4.69, 9.17) is 0 Å². The van der Waals surface area contributed by atoms with E-state index in [0.717, 1.165) is 26.1 Å². The molecule has 2 heteroatoms. The van der Waals surface area contributed by atoms with Crippen molar-refractivity contribution >= 4 is 0 Å². The van der Waals surface area contributed by atoms with Crippen molar-refractivity contribution in [2.24, 2.45) is 0 Å². The molecule has 2 rings (SSSR count). The molecule has 1 N–H and O–H groups in total. The predicted octanol–water partition coefficient (Wildman–Crippen LogP) is 3.54. The third-order valence-electron chi connectivity index (χ3n) is 3.37. The Hall–Kier alpha value is -1.54. The lowest BCUT2D eigenvalue weighted by molar-refractivity contribution is 0.602. The van der Waals surface area contributed by atoms with Crippen molar-refractivity contribution in [3.63, 3.8) is 0 Å². The Morgan fingerprint density at radius 3 is 2.84 bits per heavy atom. The molecule has 0 atom stereocenters. The number of aryl methyl sites for hydroxylation is 2. The van der Waals surface area contributed by atoms with Gasteiger partial charge in [-0.05, 0) is 44.0 Å². The van der Waals surface area contributed by atoms with Crippen LogP contribution in [0.5, 0.6) is 0 Å². The fourth-order valence-electron chi connectivity index (χ4n) is 2.39. The molecule has 0 saturated carbocycles. The molecule has 0 spiro atoms. The van der Waals surface area contributed by atoms with Gasteiger partial charge in [0.05, 0.1) is 0 Å². The molecule has 0 saturated heterocycles. The number of nitrogens with zero attached hydrogens (tertiary/aromatic N) is 1. The minimum Gasteiger partial charge on any atom is -0.350 e. The summed E-state index contributed by atoms with van der Waals surface area (Å²) in [5.74, 6) is 0. The first-order valence-electron chi connectivity index (χ1n) is 7.20. The van der Waals surface area contributed by atoms with Crippen LogP contribution in [0.2, 0.25) is 0 Å². The van der Waals surface area contributed by atoms with Crippen LogP contribution in [-0.2, 0) is 19.5 Å². The maximum atomic E-state index is 3.53. The number of benzene rings is 1. The molecule has 2 nitrogen and oxygen atoms in total. The lowest BCUT2D eigenvalue weighted by Crippen LogP contribution is -2.18. The van der Waals surface area contributed by atoms with Crippen molar-refractivity contribution in [2.75, 3.05) is 6.54 Å². The maximum Gasteiger partial charge on any atom is 0.0359 e. The van der Waals surface area contributed by atoms with Crippen LogP contribution < -0.4 is 5.32 Å². The van der Waals surface area contributed by atoms with E-state index in [2.05, 4.69) is 66.3 Å². The Kier molecular flexibility index (Phi) is 5.22. The molecule has 0 aliphatic heterocycles. The highest BCUT2D eigenvalue weighted by molar-refractivity contribution is 5.22. The molecule has 1 aromatic carbocycles. The molecule has 0 aliphatic carbocycles. The molecule has 0 bridgehead atoms. The second-order valence-electron chi connectivity index (χ2n) is 5.11. The average Bonchev–Trinajstić information content (AvgIpc) is 2.83. The first-order chi connectivity index (χ1) is 9.29. The summed E-state index contributed by atoms with van der Waals surface area (Å²) in [7, 11) is 0. The molecule has 102 valence electrons. The number of rotatable bonds is 7. The van der Waals surface area contributed by atoms with Gasteiger partial charge in [-0.15, -0.1) is 0 Å². The van der Waals surface area contributed by atoms with Crippen LogP contribution in [0.4, 0.5) is 0 Å². The van der Waals surface area contributed by atoms with E-state index in [1.54, 1.807) is 0 Å². The quantitative estimate of drug-likeness (QED) is 0.750. The highest BCUT2D eigenvalue weighted by atomic mass is 15.0. The number of nitrogens with one attached hydrogen (secondary N) is 1. The maximum absolute atomic E-state index is 3.53. The van der Waals surface area contributed by atoms with Crippen LogP contribution in [0.3, 0.4) is 0 Å². The van der Waals surface area contributed by atoms with Gasteiger partial charge in [0, 0.05) is 25.0 Å². The fraction of sp³-hybridized carbons (Fsp3) is 0.412. The summed E-state index contributed by atoms with van der Waals surface area (Å²) < 4.78 is 2.33. The standard InChI is InChI=1S/C17H24N2/c1-3-11-19-12-5-8-17(19)14-18-10-9-16-7-4-6-15(2)13-16/h4-8,12-13,18H,3,9-11,14H2,1-2H3. The topological polar surface area (TPSA) is 17.0 Å². The number of hydrogen-bond acceptors (Lipinski definition) is 1. The van der Waals surface area contributed by atoms with E-state index in [1.807, 2.05) is 0 Å². The van der Waals surface area contributed by atoms with Gasteiger partial charge in [-0.25, -0.2) is 0 Å². The van der Waals surface area contributed by atoms with E-state index in [0.29, 0.717) is 0 Å². The first-order valence-corrected chi connectivity index (χ1v) is 7.20. The first kappa shape index (κ1) is 13.9. The van der Waals surface area contributed by atoms with E-state index >= 15 is 0 Å². The molecule has 0 radical (unpaired) electrons. The Labute approximate surface area is 116 Å². The lowest BCUT2D eigenvalue weighted by atomic mass is 10.1. The zero-order chi connectivity index (χ0) is 13.5. The van der Waals surface area contributed by atoms with Gasteiger partial charge in [0.15, 0.2) is 0 Å². The molecule has 2 aromatic rings. The number of aromatic nitrogens is 1. The van der Waals surface area contributed by atoms with E-state index in [9.17, 15) is 0 Å². The van der Waals surface area contributed by atoms with Gasteiger partial charge in [0.2, 0.25) is 0 Å². The summed E-state index contributed by atoms with van der Waals surface area (Å²) >= 11 is 0. The molecule has 1 heterocycles. The molecule has 0 aliphatic rings. The van der Waals surface area contributed by atoms with Gasteiger partial charge in [0.25, 0.3) is 0 Å². The summed E-state index contributed by atoms with van der Waals surface area (Å²) in [5, 5.41) is 3.53. The largest absolute Gasteiger partial charge is 0.350 e. The Bertz CT molecular complexity index is 499. The SMILES string of the molecule is CCCn1cccc1CNCCc1cccc(C)c1. The number of hydrogen-bond donors (Lipinski definition) is 1. The lowest BCUT2D eigenvalue weighted by Gasteiger charge is -2.09. The molecule has 0 amide bonds. The summed E-state index contributed by atoms with van der Waals surface area (Å²) in [6.45, 7) is 7.46. The van der Waals surface area contributed by atoms with Crippen molar-refractivity contribution in [2.45, 2.75) is 39.8 Å². The van der Waals surface area contributed by atoms with Gasteiger partial charge in [-0.3, -0.25) is 0 Å². The second kappa shape index (κ2) is 7.15. The second-order valence-corrected chi connectivity index (χ2v) is 5.11. The summed E-state index contributed by atoms with van der Waals surface area (Å²) in [6.07, 6.45) is 4.45. The zero-order valence-electron chi connectivity index (χ0n) is 12.0. The van der Waals surface area contributed by atoms with Crippen molar-refractivity contribution in [3.05, 3.63) is 59.4 Å². The molecule has 19 heavy (non-hydrogen) atoms. The van der Waals surface area contributed by atoms with Gasteiger partial charge >= 0.3 is 0 Å². The van der Waals surface area contributed by atoms with Crippen molar-refractivity contribution in [1.29, 1.82) is 0 Å². The molecular formula is C17H24N2. The molecule has 1 aromatic heterocycles. The minimum atomic E-state index is 0.957. The van der Waals surface area contributed by atoms with Crippen LogP contribution in [0.25, 0.3) is 0 Å². The summed E-state index contributed by atoms with van der Waals surface area (Å²) in [6, 6.07) is 13.1. The van der Waals surface area contributed by atoms with Gasteiger partial charge in [0.1, 0.15) is 0 Å². The Balaban J connectivity index is 1.76. The Morgan fingerprint density at radius 2 is 2.05 bits per heavy atom. The highest BCUT2D eigenvalue weighted by Crippen LogP contribution is 2.05. The summed E-state index contributed by atoms with van der Waals surface area (Å²) in [5.41, 5.74) is 4.14. The van der Waals surface area contributed by atoms with Crippen LogP contribution in [0, 0.1) is 6.92 Å². The van der Waals surface area contributed by atoms with Gasteiger partial charge in [-0.2, -0.15) is 0 Å². The van der Waals surface area contributed by atoms with Gasteiger partial charge < -0.3 is 9.88 Å². The van der Waals surface area contributed by atoms with Crippen molar-refractivity contribution < 1.29 is 0 Å². The third kappa shape index (κ3) is 4.25. The predicted molar refractivity (Wildman–Crippen MR) is 81.3 cm³/mol.